The highest BCUT2D eigenvalue weighted by atomic mass is 32.1. The van der Waals surface area contributed by atoms with Crippen molar-refractivity contribution < 1.29 is 8.91 Å². The molecule has 5 rings (SSSR count). The molecule has 7 nitrogen and oxygen atoms in total. The van der Waals surface area contributed by atoms with E-state index in [1.54, 1.807) is 30.7 Å². The zero-order valence-corrected chi connectivity index (χ0v) is 17.6. The number of aromatic nitrogens is 4. The molecule has 3 aromatic heterocycles. The zero-order valence-electron chi connectivity index (χ0n) is 16.7. The van der Waals surface area contributed by atoms with Crippen LogP contribution in [0.2, 0.25) is 0 Å². The van der Waals surface area contributed by atoms with E-state index < -0.39 is 0 Å². The molecule has 9 heteroatoms. The Kier molecular flexibility index (Phi) is 4.92. The predicted molar refractivity (Wildman–Crippen MR) is 114 cm³/mol. The standard InChI is InChI=1S/C21H21FN6OS/c1-13-3-4-15(11-17(13)22)18-25-20(29-26-18)14(2)27-6-8-28(9-7-27)19-16-5-10-30-21(16)24-12-23-19/h3-5,10-12,14H,6-9H2,1-2H3. The summed E-state index contributed by atoms with van der Waals surface area (Å²) in [7, 11) is 0. The van der Waals surface area contributed by atoms with Gasteiger partial charge in [-0.1, -0.05) is 17.3 Å². The van der Waals surface area contributed by atoms with Crippen molar-refractivity contribution >= 4 is 27.4 Å². The lowest BCUT2D eigenvalue weighted by Crippen LogP contribution is -2.47. The van der Waals surface area contributed by atoms with Gasteiger partial charge >= 0.3 is 0 Å². The van der Waals surface area contributed by atoms with Gasteiger partial charge in [0.05, 0.1) is 11.4 Å². The summed E-state index contributed by atoms with van der Waals surface area (Å²) in [5, 5.41) is 7.22. The van der Waals surface area contributed by atoms with Crippen molar-refractivity contribution in [1.82, 2.24) is 25.0 Å². The van der Waals surface area contributed by atoms with E-state index in [-0.39, 0.29) is 11.9 Å². The maximum absolute atomic E-state index is 13.9. The van der Waals surface area contributed by atoms with Crippen molar-refractivity contribution in [2.45, 2.75) is 19.9 Å². The van der Waals surface area contributed by atoms with Gasteiger partial charge in [-0.3, -0.25) is 4.90 Å². The van der Waals surface area contributed by atoms with E-state index in [4.69, 9.17) is 4.52 Å². The lowest BCUT2D eigenvalue weighted by Gasteiger charge is -2.37. The molecule has 1 fully saturated rings. The number of hydrogen-bond acceptors (Lipinski definition) is 8. The zero-order chi connectivity index (χ0) is 20.7. The Morgan fingerprint density at radius 2 is 1.97 bits per heavy atom. The molecule has 0 saturated carbocycles. The SMILES string of the molecule is Cc1ccc(-c2noc(C(C)N3CCN(c4ncnc5sccc45)CC3)n2)cc1F. The second-order valence-electron chi connectivity index (χ2n) is 7.46. The molecular formula is C21H21FN6OS. The second kappa shape index (κ2) is 7.73. The van der Waals surface area contributed by atoms with Gasteiger partial charge in [-0.2, -0.15) is 4.98 Å². The number of fused-ring (bicyclic) bond motifs is 1. The number of nitrogens with zero attached hydrogens (tertiary/aromatic N) is 6. The van der Waals surface area contributed by atoms with Crippen LogP contribution in [0.25, 0.3) is 21.6 Å². The van der Waals surface area contributed by atoms with Crippen LogP contribution >= 0.6 is 11.3 Å². The van der Waals surface area contributed by atoms with Crippen molar-refractivity contribution in [2.24, 2.45) is 0 Å². The van der Waals surface area contributed by atoms with Gasteiger partial charge in [-0.05, 0) is 36.9 Å². The number of piperazine rings is 1. The van der Waals surface area contributed by atoms with Gasteiger partial charge < -0.3 is 9.42 Å². The third-order valence-corrected chi connectivity index (χ3v) is 6.45. The average molecular weight is 425 g/mol. The van der Waals surface area contributed by atoms with E-state index in [1.807, 2.05) is 11.4 Å². The molecule has 1 aromatic carbocycles. The summed E-state index contributed by atoms with van der Waals surface area (Å²) in [4.78, 5) is 19.0. The fraction of sp³-hybridized carbons (Fsp3) is 0.333. The monoisotopic (exact) mass is 424 g/mol. The minimum absolute atomic E-state index is 0.0183. The smallest absolute Gasteiger partial charge is 0.244 e. The first-order chi connectivity index (χ1) is 14.6. The van der Waals surface area contributed by atoms with Crippen LogP contribution in [-0.2, 0) is 0 Å². The lowest BCUT2D eigenvalue weighted by atomic mass is 10.1. The topological polar surface area (TPSA) is 71.2 Å². The van der Waals surface area contributed by atoms with Gasteiger partial charge in [0.2, 0.25) is 11.7 Å². The molecule has 0 bridgehead atoms. The van der Waals surface area contributed by atoms with Crippen LogP contribution in [0.1, 0.15) is 24.4 Å². The fourth-order valence-electron chi connectivity index (χ4n) is 3.76. The third-order valence-electron chi connectivity index (χ3n) is 5.63. The molecule has 0 amide bonds. The first-order valence-corrected chi connectivity index (χ1v) is 10.8. The van der Waals surface area contributed by atoms with E-state index in [0.717, 1.165) is 42.2 Å². The average Bonchev–Trinajstić information content (AvgIpc) is 3.45. The van der Waals surface area contributed by atoms with E-state index in [9.17, 15) is 4.39 Å². The molecule has 1 saturated heterocycles. The summed E-state index contributed by atoms with van der Waals surface area (Å²) >= 11 is 1.63. The summed E-state index contributed by atoms with van der Waals surface area (Å²) in [6, 6.07) is 7.04. The van der Waals surface area contributed by atoms with Gasteiger partial charge in [0, 0.05) is 31.7 Å². The van der Waals surface area contributed by atoms with Crippen LogP contribution in [0, 0.1) is 12.7 Å². The van der Waals surface area contributed by atoms with Gasteiger partial charge in [0.1, 0.15) is 22.8 Å². The van der Waals surface area contributed by atoms with Crippen LogP contribution in [0.5, 0.6) is 0 Å². The number of benzene rings is 1. The largest absolute Gasteiger partial charge is 0.353 e. The van der Waals surface area contributed by atoms with Crippen LogP contribution < -0.4 is 4.90 Å². The molecule has 30 heavy (non-hydrogen) atoms. The molecule has 0 N–H and O–H groups in total. The summed E-state index contributed by atoms with van der Waals surface area (Å²) in [6.07, 6.45) is 1.64. The molecule has 4 aromatic rings. The fourth-order valence-corrected chi connectivity index (χ4v) is 4.49. The third kappa shape index (κ3) is 3.44. The second-order valence-corrected chi connectivity index (χ2v) is 8.35. The maximum Gasteiger partial charge on any atom is 0.244 e. The number of hydrogen-bond donors (Lipinski definition) is 0. The minimum atomic E-state index is -0.271. The highest BCUT2D eigenvalue weighted by molar-refractivity contribution is 7.16. The first-order valence-electron chi connectivity index (χ1n) is 9.87. The molecule has 0 aliphatic carbocycles. The number of aryl methyl sites for hydroxylation is 1. The van der Waals surface area contributed by atoms with Crippen LogP contribution in [-0.4, -0.2) is 51.2 Å². The van der Waals surface area contributed by atoms with Gasteiger partial charge in [0.25, 0.3) is 0 Å². The number of rotatable bonds is 4. The number of anilines is 1. The Morgan fingerprint density at radius 3 is 2.77 bits per heavy atom. The van der Waals surface area contributed by atoms with Crippen molar-refractivity contribution in [3.8, 4) is 11.4 Å². The minimum Gasteiger partial charge on any atom is -0.353 e. The summed E-state index contributed by atoms with van der Waals surface area (Å²) in [5.74, 6) is 1.68. The predicted octanol–water partition coefficient (Wildman–Crippen LogP) is 4.07. The quantitative estimate of drug-likeness (QED) is 0.489. The molecule has 4 heterocycles. The van der Waals surface area contributed by atoms with Gasteiger partial charge in [0.15, 0.2) is 0 Å². The Morgan fingerprint density at radius 1 is 1.13 bits per heavy atom. The van der Waals surface area contributed by atoms with Crippen molar-refractivity contribution in [3.63, 3.8) is 0 Å². The lowest BCUT2D eigenvalue weighted by molar-refractivity contribution is 0.164. The Bertz CT molecular complexity index is 1180. The van der Waals surface area contributed by atoms with E-state index >= 15 is 0 Å². The van der Waals surface area contributed by atoms with Crippen LogP contribution in [0.15, 0.2) is 40.5 Å². The first kappa shape index (κ1) is 19.1. The van der Waals surface area contributed by atoms with Crippen molar-refractivity contribution in [1.29, 1.82) is 0 Å². The molecule has 1 aliphatic rings. The molecule has 1 unspecified atom stereocenters. The highest BCUT2D eigenvalue weighted by Crippen LogP contribution is 2.29. The highest BCUT2D eigenvalue weighted by Gasteiger charge is 2.27. The molecule has 1 atom stereocenters. The molecule has 0 radical (unpaired) electrons. The Hall–Kier alpha value is -2.91. The van der Waals surface area contributed by atoms with Crippen molar-refractivity contribution in [3.05, 3.63) is 53.2 Å². The van der Waals surface area contributed by atoms with Gasteiger partial charge in [-0.25, -0.2) is 14.4 Å². The number of thiophene rings is 1. The Labute approximate surface area is 177 Å². The molecule has 1 aliphatic heterocycles. The van der Waals surface area contributed by atoms with E-state index in [1.165, 1.54) is 6.07 Å². The van der Waals surface area contributed by atoms with Crippen molar-refractivity contribution in [2.75, 3.05) is 31.1 Å². The van der Waals surface area contributed by atoms with Crippen LogP contribution in [0.4, 0.5) is 10.2 Å². The van der Waals surface area contributed by atoms with E-state index in [2.05, 4.69) is 42.9 Å². The number of halogens is 1. The molecular weight excluding hydrogens is 403 g/mol. The molecule has 0 spiro atoms. The van der Waals surface area contributed by atoms with E-state index in [0.29, 0.717) is 22.8 Å². The summed E-state index contributed by atoms with van der Waals surface area (Å²) in [6.45, 7) is 7.21. The summed E-state index contributed by atoms with van der Waals surface area (Å²) in [5.41, 5.74) is 1.21. The molecule has 154 valence electrons. The Balaban J connectivity index is 1.28. The maximum atomic E-state index is 13.9. The van der Waals surface area contributed by atoms with Gasteiger partial charge in [-0.15, -0.1) is 11.3 Å². The summed E-state index contributed by atoms with van der Waals surface area (Å²) < 4.78 is 19.4. The normalized spacial score (nSPS) is 16.3. The van der Waals surface area contributed by atoms with Crippen LogP contribution in [0.3, 0.4) is 0 Å².